The van der Waals surface area contributed by atoms with E-state index in [1.807, 2.05) is 37.4 Å². The molecule has 19 heavy (non-hydrogen) atoms. The quantitative estimate of drug-likeness (QED) is 0.929. The van der Waals surface area contributed by atoms with Crippen LogP contribution in [0.4, 0.5) is 5.69 Å². The molecular weight excluding hydrogens is 322 g/mol. The van der Waals surface area contributed by atoms with Crippen LogP contribution in [0.25, 0.3) is 0 Å². The monoisotopic (exact) mass is 335 g/mol. The van der Waals surface area contributed by atoms with E-state index in [1.54, 1.807) is 11.3 Å². The van der Waals surface area contributed by atoms with Crippen LogP contribution in [-0.2, 0) is 0 Å². The molecule has 1 unspecified atom stereocenters. The number of likely N-dealkylation sites (N-methyl/N-ethyl adjacent to an activating group) is 1. The van der Waals surface area contributed by atoms with E-state index in [0.717, 1.165) is 9.47 Å². The zero-order valence-corrected chi connectivity index (χ0v) is 12.9. The second-order valence-electron chi connectivity index (χ2n) is 4.13. The van der Waals surface area contributed by atoms with Gasteiger partial charge in [0.1, 0.15) is 6.07 Å². The Morgan fingerprint density at radius 1 is 1.37 bits per heavy atom. The number of thiophene rings is 1. The van der Waals surface area contributed by atoms with Gasteiger partial charge in [-0.15, -0.1) is 11.3 Å². The van der Waals surface area contributed by atoms with Gasteiger partial charge in [0.25, 0.3) is 0 Å². The van der Waals surface area contributed by atoms with E-state index in [2.05, 4.69) is 33.0 Å². The molecule has 0 saturated carbocycles. The standard InChI is InChI=1S/C14H14BrN3S/c1-18(11-5-3-2-4-10(11)8-16)12(9-17)13-6-7-14(15)19-13/h2-7,12H,9,17H2,1H3. The minimum absolute atomic E-state index is 0.0748. The molecule has 0 bridgehead atoms. The second kappa shape index (κ2) is 6.20. The van der Waals surface area contributed by atoms with Crippen molar-refractivity contribution in [1.29, 1.82) is 5.26 Å². The number of benzene rings is 1. The van der Waals surface area contributed by atoms with Crippen LogP contribution in [0.5, 0.6) is 0 Å². The Bertz CT molecular complexity index is 603. The first-order valence-corrected chi connectivity index (χ1v) is 7.45. The Labute approximate surface area is 125 Å². The molecule has 3 nitrogen and oxygen atoms in total. The van der Waals surface area contributed by atoms with Crippen molar-refractivity contribution in [2.75, 3.05) is 18.5 Å². The van der Waals surface area contributed by atoms with Gasteiger partial charge in [-0.1, -0.05) is 12.1 Å². The predicted octanol–water partition coefficient (Wildman–Crippen LogP) is 3.52. The summed E-state index contributed by atoms with van der Waals surface area (Å²) in [6, 6.07) is 14.0. The minimum Gasteiger partial charge on any atom is -0.364 e. The lowest BCUT2D eigenvalue weighted by molar-refractivity contribution is 0.692. The summed E-state index contributed by atoms with van der Waals surface area (Å²) in [5.74, 6) is 0. The van der Waals surface area contributed by atoms with Gasteiger partial charge < -0.3 is 10.6 Å². The average molecular weight is 336 g/mol. The molecule has 5 heteroatoms. The van der Waals surface area contributed by atoms with Crippen LogP contribution in [0.15, 0.2) is 40.2 Å². The highest BCUT2D eigenvalue weighted by molar-refractivity contribution is 9.11. The normalized spacial score (nSPS) is 11.9. The Hall–Kier alpha value is -1.35. The Morgan fingerprint density at radius 2 is 2.11 bits per heavy atom. The van der Waals surface area contributed by atoms with Crippen LogP contribution in [0, 0.1) is 11.3 Å². The molecule has 0 spiro atoms. The van der Waals surface area contributed by atoms with E-state index in [-0.39, 0.29) is 6.04 Å². The lowest BCUT2D eigenvalue weighted by atomic mass is 10.1. The molecule has 0 radical (unpaired) electrons. The van der Waals surface area contributed by atoms with Gasteiger partial charge in [-0.3, -0.25) is 0 Å². The number of halogens is 1. The first-order chi connectivity index (χ1) is 9.17. The van der Waals surface area contributed by atoms with Crippen molar-refractivity contribution in [3.63, 3.8) is 0 Å². The van der Waals surface area contributed by atoms with Gasteiger partial charge in [0.15, 0.2) is 0 Å². The number of nitrogens with zero attached hydrogens (tertiary/aromatic N) is 2. The summed E-state index contributed by atoms with van der Waals surface area (Å²) in [5, 5.41) is 9.18. The maximum atomic E-state index is 9.18. The highest BCUT2D eigenvalue weighted by atomic mass is 79.9. The van der Waals surface area contributed by atoms with Crippen molar-refractivity contribution >= 4 is 33.0 Å². The lowest BCUT2D eigenvalue weighted by Gasteiger charge is -2.29. The summed E-state index contributed by atoms with van der Waals surface area (Å²) in [6.07, 6.45) is 0. The molecule has 0 saturated heterocycles. The van der Waals surface area contributed by atoms with E-state index in [0.29, 0.717) is 12.1 Å². The molecule has 2 N–H and O–H groups in total. The van der Waals surface area contributed by atoms with Crippen molar-refractivity contribution in [2.24, 2.45) is 5.73 Å². The number of rotatable bonds is 4. The topological polar surface area (TPSA) is 53.0 Å². The van der Waals surface area contributed by atoms with Crippen LogP contribution in [0.3, 0.4) is 0 Å². The fourth-order valence-corrected chi connectivity index (χ4v) is 3.60. The zero-order chi connectivity index (χ0) is 13.8. The Balaban J connectivity index is 2.36. The van der Waals surface area contributed by atoms with E-state index in [1.165, 1.54) is 4.88 Å². The number of nitriles is 1. The summed E-state index contributed by atoms with van der Waals surface area (Å²) in [5.41, 5.74) is 7.48. The third-order valence-corrected chi connectivity index (χ3v) is 4.74. The molecule has 2 aromatic rings. The molecule has 2 rings (SSSR count). The maximum absolute atomic E-state index is 9.18. The molecule has 0 amide bonds. The van der Waals surface area contributed by atoms with Gasteiger partial charge in [0.2, 0.25) is 0 Å². The minimum atomic E-state index is 0.0748. The van der Waals surface area contributed by atoms with Gasteiger partial charge in [0.05, 0.1) is 21.1 Å². The van der Waals surface area contributed by atoms with Gasteiger partial charge >= 0.3 is 0 Å². The van der Waals surface area contributed by atoms with Gasteiger partial charge in [-0.05, 0) is 40.2 Å². The molecule has 1 heterocycles. The van der Waals surface area contributed by atoms with Crippen LogP contribution in [0.2, 0.25) is 0 Å². The van der Waals surface area contributed by atoms with Crippen molar-refractivity contribution < 1.29 is 0 Å². The Kier molecular flexibility index (Phi) is 4.59. The summed E-state index contributed by atoms with van der Waals surface area (Å²) in [7, 11) is 1.97. The van der Waals surface area contributed by atoms with E-state index in [9.17, 15) is 5.26 Å². The van der Waals surface area contributed by atoms with Gasteiger partial charge in [-0.2, -0.15) is 5.26 Å². The molecule has 0 aliphatic carbocycles. The van der Waals surface area contributed by atoms with E-state index < -0.39 is 0 Å². The summed E-state index contributed by atoms with van der Waals surface area (Å²) < 4.78 is 1.09. The SMILES string of the molecule is CN(c1ccccc1C#N)C(CN)c1ccc(Br)s1. The third kappa shape index (κ3) is 2.98. The summed E-state index contributed by atoms with van der Waals surface area (Å²) in [4.78, 5) is 3.25. The van der Waals surface area contributed by atoms with Gasteiger partial charge in [-0.25, -0.2) is 0 Å². The van der Waals surface area contributed by atoms with Crippen LogP contribution in [-0.4, -0.2) is 13.6 Å². The molecule has 0 aliphatic rings. The van der Waals surface area contributed by atoms with Crippen molar-refractivity contribution in [2.45, 2.75) is 6.04 Å². The number of para-hydroxylation sites is 1. The average Bonchev–Trinajstić information content (AvgIpc) is 2.86. The van der Waals surface area contributed by atoms with Crippen LogP contribution >= 0.6 is 27.3 Å². The fraction of sp³-hybridized carbons (Fsp3) is 0.214. The maximum Gasteiger partial charge on any atom is 0.101 e. The number of anilines is 1. The second-order valence-corrected chi connectivity index (χ2v) is 6.63. The lowest BCUT2D eigenvalue weighted by Crippen LogP contribution is -2.30. The zero-order valence-electron chi connectivity index (χ0n) is 10.5. The van der Waals surface area contributed by atoms with E-state index >= 15 is 0 Å². The molecular formula is C14H14BrN3S. The highest BCUT2D eigenvalue weighted by Gasteiger charge is 2.19. The highest BCUT2D eigenvalue weighted by Crippen LogP contribution is 2.33. The van der Waals surface area contributed by atoms with Crippen molar-refractivity contribution in [3.8, 4) is 6.07 Å². The smallest absolute Gasteiger partial charge is 0.101 e. The summed E-state index contributed by atoms with van der Waals surface area (Å²) >= 11 is 5.14. The Morgan fingerprint density at radius 3 is 2.68 bits per heavy atom. The van der Waals surface area contributed by atoms with Crippen LogP contribution < -0.4 is 10.6 Å². The number of hydrogen-bond acceptors (Lipinski definition) is 4. The molecule has 1 aromatic heterocycles. The number of nitrogens with two attached hydrogens (primary N) is 1. The molecule has 98 valence electrons. The largest absolute Gasteiger partial charge is 0.364 e. The van der Waals surface area contributed by atoms with E-state index in [4.69, 9.17) is 5.73 Å². The first-order valence-electron chi connectivity index (χ1n) is 5.84. The first kappa shape index (κ1) is 14.1. The number of hydrogen-bond donors (Lipinski definition) is 1. The summed E-state index contributed by atoms with van der Waals surface area (Å²) in [6.45, 7) is 0.503. The van der Waals surface area contributed by atoms with Crippen LogP contribution in [0.1, 0.15) is 16.5 Å². The molecule has 0 aliphatic heterocycles. The molecule has 1 atom stereocenters. The van der Waals surface area contributed by atoms with Crippen molar-refractivity contribution in [3.05, 3.63) is 50.6 Å². The third-order valence-electron chi connectivity index (χ3n) is 3.02. The van der Waals surface area contributed by atoms with Crippen molar-refractivity contribution in [1.82, 2.24) is 0 Å². The fourth-order valence-electron chi connectivity index (χ4n) is 2.02. The molecule has 1 aromatic carbocycles. The van der Waals surface area contributed by atoms with Gasteiger partial charge in [0, 0.05) is 18.5 Å². The molecule has 0 fully saturated rings. The predicted molar refractivity (Wildman–Crippen MR) is 83.4 cm³/mol.